The van der Waals surface area contributed by atoms with Gasteiger partial charge in [0.15, 0.2) is 25.3 Å². The Hall–Kier alpha value is -1.68. The van der Waals surface area contributed by atoms with Crippen LogP contribution < -0.4 is 0 Å². The number of hydrogen-bond acceptors (Lipinski definition) is 7. The van der Waals surface area contributed by atoms with Gasteiger partial charge in [0, 0.05) is 6.42 Å². The van der Waals surface area contributed by atoms with Crippen molar-refractivity contribution in [2.75, 3.05) is 6.61 Å². The van der Waals surface area contributed by atoms with E-state index >= 15 is 0 Å². The Morgan fingerprint density at radius 3 is 2.77 bits per heavy atom. The quantitative estimate of drug-likeness (QED) is 0.636. The van der Waals surface area contributed by atoms with Crippen LogP contribution in [0, 0.1) is 0 Å². The van der Waals surface area contributed by atoms with E-state index in [1.165, 1.54) is 6.33 Å². The van der Waals surface area contributed by atoms with Crippen LogP contribution in [0.1, 0.15) is 33.4 Å². The normalized spacial score (nSPS) is 24.3. The van der Waals surface area contributed by atoms with Crippen molar-refractivity contribution in [3.05, 3.63) is 12.7 Å². The number of aliphatic imine (C=N–C) groups is 1. The number of ether oxygens (including phenoxy) is 1. The minimum Gasteiger partial charge on any atom is -0.414 e. The maximum Gasteiger partial charge on any atom is 0.192 e. The Kier molecular flexibility index (Phi) is 4.99. The van der Waals surface area contributed by atoms with Crippen molar-refractivity contribution in [3.63, 3.8) is 0 Å². The van der Waals surface area contributed by atoms with Crippen LogP contribution in [0.2, 0.25) is 18.1 Å². The van der Waals surface area contributed by atoms with Gasteiger partial charge in [0.05, 0.1) is 19.0 Å². The van der Waals surface area contributed by atoms with Gasteiger partial charge in [-0.3, -0.25) is 4.57 Å². The highest BCUT2D eigenvalue weighted by Gasteiger charge is 2.41. The first-order valence-electron chi connectivity index (χ1n) is 8.76. The molecule has 2 aromatic heterocycles. The number of aliphatic hydroxyl groups is 1. The van der Waals surface area contributed by atoms with E-state index < -0.39 is 14.4 Å². The fourth-order valence-electron chi connectivity index (χ4n) is 2.71. The molecule has 8 nitrogen and oxygen atoms in total. The van der Waals surface area contributed by atoms with Gasteiger partial charge in [-0.1, -0.05) is 20.8 Å². The summed E-state index contributed by atoms with van der Waals surface area (Å²) in [6, 6.07) is 0. The third-order valence-electron chi connectivity index (χ3n) is 5.42. The van der Waals surface area contributed by atoms with E-state index in [4.69, 9.17) is 9.16 Å². The van der Waals surface area contributed by atoms with Crippen molar-refractivity contribution < 1.29 is 14.3 Å². The Balaban J connectivity index is 1.74. The summed E-state index contributed by atoms with van der Waals surface area (Å²) in [5, 5.41) is 10.6. The molecule has 1 aliphatic rings. The van der Waals surface area contributed by atoms with E-state index in [0.29, 0.717) is 30.0 Å². The van der Waals surface area contributed by atoms with E-state index in [-0.39, 0.29) is 17.4 Å². The third kappa shape index (κ3) is 3.44. The molecule has 3 heterocycles. The molecule has 0 aliphatic carbocycles. The lowest BCUT2D eigenvalue weighted by Gasteiger charge is -2.37. The predicted octanol–water partition coefficient (Wildman–Crippen LogP) is 2.83. The first-order valence-corrected chi connectivity index (χ1v) is 11.7. The average molecular weight is 378 g/mol. The first-order chi connectivity index (χ1) is 12.1. The molecule has 26 heavy (non-hydrogen) atoms. The van der Waals surface area contributed by atoms with Gasteiger partial charge in [0.1, 0.15) is 18.7 Å². The van der Waals surface area contributed by atoms with Gasteiger partial charge < -0.3 is 14.3 Å². The second-order valence-corrected chi connectivity index (χ2v) is 13.0. The molecule has 9 heteroatoms. The van der Waals surface area contributed by atoms with E-state index in [2.05, 4.69) is 60.5 Å². The maximum absolute atomic E-state index is 10.4. The zero-order valence-corrected chi connectivity index (χ0v) is 17.0. The second-order valence-electron chi connectivity index (χ2n) is 8.18. The highest BCUT2D eigenvalue weighted by Crippen LogP contribution is 2.38. The van der Waals surface area contributed by atoms with Gasteiger partial charge in [-0.05, 0) is 24.8 Å². The molecule has 0 spiro atoms. The number of rotatable bonds is 5. The average Bonchev–Trinajstić information content (AvgIpc) is 3.15. The minimum atomic E-state index is -1.90. The van der Waals surface area contributed by atoms with Crippen LogP contribution in [0.15, 0.2) is 17.6 Å². The van der Waals surface area contributed by atoms with Crippen LogP contribution in [0.4, 0.5) is 5.82 Å². The largest absolute Gasteiger partial charge is 0.414 e. The van der Waals surface area contributed by atoms with Crippen molar-refractivity contribution in [1.29, 1.82) is 0 Å². The predicted molar refractivity (Wildman–Crippen MR) is 102 cm³/mol. The number of imidazole rings is 1. The lowest BCUT2D eigenvalue weighted by atomic mass is 10.2. The highest BCUT2D eigenvalue weighted by atomic mass is 28.4. The van der Waals surface area contributed by atoms with Crippen LogP contribution in [0.3, 0.4) is 0 Å². The van der Waals surface area contributed by atoms with Crippen molar-refractivity contribution in [2.24, 2.45) is 4.99 Å². The van der Waals surface area contributed by atoms with Crippen LogP contribution >= 0.6 is 0 Å². The number of nitrogens with zero attached hydrogens (tertiary/aromatic N) is 5. The molecule has 3 atom stereocenters. The molecule has 2 aromatic rings. The van der Waals surface area contributed by atoms with Crippen molar-refractivity contribution in [1.82, 2.24) is 19.5 Å². The van der Waals surface area contributed by atoms with Crippen LogP contribution in [0.5, 0.6) is 0 Å². The molecular weight excluding hydrogens is 350 g/mol. The Bertz CT molecular complexity index is 801. The summed E-state index contributed by atoms with van der Waals surface area (Å²) in [6.45, 7) is 14.8. The Morgan fingerprint density at radius 2 is 2.12 bits per heavy atom. The van der Waals surface area contributed by atoms with Gasteiger partial charge >= 0.3 is 0 Å². The third-order valence-corrected chi connectivity index (χ3v) is 9.92. The lowest BCUT2D eigenvalue weighted by molar-refractivity contribution is -0.0405. The number of aliphatic hydroxyl groups excluding tert-OH is 1. The zero-order chi connectivity index (χ0) is 19.1. The van der Waals surface area contributed by atoms with Crippen molar-refractivity contribution in [2.45, 2.75) is 63.8 Å². The highest BCUT2D eigenvalue weighted by molar-refractivity contribution is 6.74. The molecule has 0 aromatic carbocycles. The van der Waals surface area contributed by atoms with Gasteiger partial charge in [0.2, 0.25) is 0 Å². The van der Waals surface area contributed by atoms with Gasteiger partial charge in [0.25, 0.3) is 0 Å². The molecular formula is C17H27N5O3Si. The van der Waals surface area contributed by atoms with E-state index in [1.807, 2.05) is 0 Å². The molecule has 0 bridgehead atoms. The fraction of sp³-hybridized carbons (Fsp3) is 0.647. The fourth-order valence-corrected chi connectivity index (χ4v) is 3.72. The summed E-state index contributed by atoms with van der Waals surface area (Å²) < 4.78 is 14.1. The molecule has 0 amide bonds. The van der Waals surface area contributed by atoms with Crippen molar-refractivity contribution >= 4 is 32.0 Å². The number of fused-ring (bicyclic) bond motifs is 1. The smallest absolute Gasteiger partial charge is 0.192 e. The molecule has 0 saturated carbocycles. The van der Waals surface area contributed by atoms with E-state index in [9.17, 15) is 5.11 Å². The Labute approximate surface area is 154 Å². The maximum atomic E-state index is 10.4. The molecule has 1 fully saturated rings. The molecule has 3 rings (SSSR count). The summed E-state index contributed by atoms with van der Waals surface area (Å²) in [6.07, 6.45) is 2.20. The number of aromatic nitrogens is 4. The summed E-state index contributed by atoms with van der Waals surface area (Å²) in [5.74, 6) is 0.435. The molecule has 0 unspecified atom stereocenters. The summed E-state index contributed by atoms with van der Waals surface area (Å²) >= 11 is 0. The standard InChI is InChI=1S/C17H27N5O3Si/c1-17(2,3)26(5,6)24-8-12-11(23)7-13(25-12)22-10-21-14-15(18-4)19-9-20-16(14)22/h9-13,23H,4,7-8H2,1-3,5-6H3/t11-,12-,13-/m1/s1. The van der Waals surface area contributed by atoms with Crippen LogP contribution in [0.25, 0.3) is 11.2 Å². The SMILES string of the molecule is C=Nc1ncnc2c1ncn2[C@H]1C[C@@H](O)[C@@H](CO[Si](C)(C)C(C)(C)C)O1. The minimum absolute atomic E-state index is 0.113. The van der Waals surface area contributed by atoms with Crippen LogP contribution in [-0.2, 0) is 9.16 Å². The first kappa shape index (κ1) is 19.1. The second kappa shape index (κ2) is 6.80. The molecule has 1 N–H and O–H groups in total. The van der Waals surface area contributed by atoms with E-state index in [1.54, 1.807) is 10.9 Å². The molecule has 0 radical (unpaired) electrons. The Morgan fingerprint density at radius 1 is 1.38 bits per heavy atom. The van der Waals surface area contributed by atoms with Crippen LogP contribution in [-0.4, -0.2) is 58.5 Å². The molecule has 1 saturated heterocycles. The van der Waals surface area contributed by atoms with E-state index in [0.717, 1.165) is 0 Å². The molecule has 1 aliphatic heterocycles. The van der Waals surface area contributed by atoms with Gasteiger partial charge in [-0.2, -0.15) is 0 Å². The summed E-state index contributed by atoms with van der Waals surface area (Å²) in [5.41, 5.74) is 1.19. The number of hydrogen-bond donors (Lipinski definition) is 1. The lowest BCUT2D eigenvalue weighted by Crippen LogP contribution is -2.43. The summed E-state index contributed by atoms with van der Waals surface area (Å²) in [4.78, 5) is 16.5. The molecule has 142 valence electrons. The van der Waals surface area contributed by atoms with Gasteiger partial charge in [-0.15, -0.1) is 0 Å². The summed E-state index contributed by atoms with van der Waals surface area (Å²) in [7, 11) is -1.90. The van der Waals surface area contributed by atoms with Gasteiger partial charge in [-0.25, -0.2) is 19.9 Å². The van der Waals surface area contributed by atoms with Crippen molar-refractivity contribution in [3.8, 4) is 0 Å². The monoisotopic (exact) mass is 377 g/mol. The zero-order valence-electron chi connectivity index (χ0n) is 16.0. The topological polar surface area (TPSA) is 94.7 Å².